The molecule has 1 aromatic carbocycles. The molecule has 1 aromatic rings. The van der Waals surface area contributed by atoms with Crippen LogP contribution < -0.4 is 4.90 Å². The lowest BCUT2D eigenvalue weighted by Crippen LogP contribution is -2.41. The second-order valence-electron chi connectivity index (χ2n) is 4.86. The maximum Gasteiger partial charge on any atom is 0.264 e. The van der Waals surface area contributed by atoms with Crippen LogP contribution in [0.5, 0.6) is 0 Å². The highest BCUT2D eigenvalue weighted by atomic mass is 79.9. The van der Waals surface area contributed by atoms with Crippen molar-refractivity contribution >= 4 is 33.3 Å². The summed E-state index contributed by atoms with van der Waals surface area (Å²) >= 11 is 3.34. The van der Waals surface area contributed by atoms with Gasteiger partial charge in [0.05, 0.1) is 5.69 Å². The molecule has 1 atom stereocenters. The third kappa shape index (κ3) is 2.32. The van der Waals surface area contributed by atoms with Gasteiger partial charge in [0.15, 0.2) is 5.60 Å². The van der Waals surface area contributed by atoms with Gasteiger partial charge in [-0.3, -0.25) is 9.59 Å². The molecule has 1 aliphatic rings. The summed E-state index contributed by atoms with van der Waals surface area (Å²) < 4.78 is 0.777. The first kappa shape index (κ1) is 14.2. The van der Waals surface area contributed by atoms with Crippen LogP contribution in [0.1, 0.15) is 32.3 Å². The number of benzene rings is 1. The Morgan fingerprint density at radius 1 is 1.47 bits per heavy atom. The summed E-state index contributed by atoms with van der Waals surface area (Å²) in [5.74, 6) is -0.613. The molecular formula is C14H16BrNO3. The quantitative estimate of drug-likeness (QED) is 0.924. The number of amides is 1. The molecule has 0 bridgehead atoms. The zero-order valence-corrected chi connectivity index (χ0v) is 12.5. The van der Waals surface area contributed by atoms with Gasteiger partial charge in [0, 0.05) is 23.0 Å². The van der Waals surface area contributed by atoms with Crippen LogP contribution in [0.2, 0.25) is 0 Å². The van der Waals surface area contributed by atoms with E-state index >= 15 is 0 Å². The molecule has 1 aliphatic heterocycles. The van der Waals surface area contributed by atoms with Crippen molar-refractivity contribution in [2.75, 3.05) is 11.4 Å². The van der Waals surface area contributed by atoms with Gasteiger partial charge in [0.25, 0.3) is 5.91 Å². The number of anilines is 1. The normalized spacial score (nSPS) is 21.7. The highest BCUT2D eigenvalue weighted by Crippen LogP contribution is 2.43. The lowest BCUT2D eigenvalue weighted by Gasteiger charge is -2.21. The van der Waals surface area contributed by atoms with E-state index in [4.69, 9.17) is 0 Å². The Morgan fingerprint density at radius 2 is 2.16 bits per heavy atom. The van der Waals surface area contributed by atoms with Crippen molar-refractivity contribution in [3.63, 3.8) is 0 Å². The number of nitrogens with zero attached hydrogens (tertiary/aromatic N) is 1. The summed E-state index contributed by atoms with van der Waals surface area (Å²) in [6, 6.07) is 5.34. The van der Waals surface area contributed by atoms with Gasteiger partial charge >= 0.3 is 0 Å². The van der Waals surface area contributed by atoms with E-state index in [1.807, 2.05) is 13.0 Å². The average Bonchev–Trinajstić information content (AvgIpc) is 2.51. The van der Waals surface area contributed by atoms with Crippen LogP contribution in [0.15, 0.2) is 22.7 Å². The van der Waals surface area contributed by atoms with E-state index in [-0.39, 0.29) is 12.2 Å². The SMILES string of the molecule is CCCN1C(=O)[C@@](O)(CC(C)=O)c2cc(Br)ccc21. The summed E-state index contributed by atoms with van der Waals surface area (Å²) in [5.41, 5.74) is -0.519. The molecule has 0 unspecified atom stereocenters. The van der Waals surface area contributed by atoms with Gasteiger partial charge in [-0.05, 0) is 31.5 Å². The van der Waals surface area contributed by atoms with Gasteiger partial charge in [-0.25, -0.2) is 0 Å². The molecule has 19 heavy (non-hydrogen) atoms. The van der Waals surface area contributed by atoms with Crippen molar-refractivity contribution in [1.82, 2.24) is 0 Å². The lowest BCUT2D eigenvalue weighted by atomic mass is 9.90. The summed E-state index contributed by atoms with van der Waals surface area (Å²) in [7, 11) is 0. The molecule has 102 valence electrons. The van der Waals surface area contributed by atoms with Crippen LogP contribution in [0.4, 0.5) is 5.69 Å². The molecule has 5 heteroatoms. The molecule has 1 heterocycles. The maximum atomic E-state index is 12.4. The molecule has 4 nitrogen and oxygen atoms in total. The molecule has 0 aromatic heterocycles. The zero-order valence-electron chi connectivity index (χ0n) is 10.9. The summed E-state index contributed by atoms with van der Waals surface area (Å²) in [4.78, 5) is 25.4. The lowest BCUT2D eigenvalue weighted by molar-refractivity contribution is -0.141. The van der Waals surface area contributed by atoms with E-state index in [1.54, 1.807) is 17.0 Å². The third-order valence-corrected chi connectivity index (χ3v) is 3.74. The van der Waals surface area contributed by atoms with E-state index in [0.717, 1.165) is 10.9 Å². The van der Waals surface area contributed by atoms with Crippen molar-refractivity contribution in [2.24, 2.45) is 0 Å². The second kappa shape index (κ2) is 5.06. The Kier molecular flexibility index (Phi) is 3.78. The second-order valence-corrected chi connectivity index (χ2v) is 5.77. The fourth-order valence-electron chi connectivity index (χ4n) is 2.50. The Hall–Kier alpha value is -1.20. The van der Waals surface area contributed by atoms with Gasteiger partial charge < -0.3 is 10.0 Å². The minimum atomic E-state index is -1.72. The van der Waals surface area contributed by atoms with Gasteiger partial charge in [0.1, 0.15) is 5.78 Å². The van der Waals surface area contributed by atoms with E-state index in [2.05, 4.69) is 15.9 Å². The van der Waals surface area contributed by atoms with Crippen molar-refractivity contribution in [3.05, 3.63) is 28.2 Å². The number of ketones is 1. The fourth-order valence-corrected chi connectivity index (χ4v) is 2.86. The maximum absolute atomic E-state index is 12.4. The van der Waals surface area contributed by atoms with Crippen molar-refractivity contribution < 1.29 is 14.7 Å². The average molecular weight is 326 g/mol. The molecule has 0 saturated carbocycles. The number of rotatable bonds is 4. The van der Waals surface area contributed by atoms with E-state index in [0.29, 0.717) is 17.8 Å². The number of halogens is 1. The van der Waals surface area contributed by atoms with E-state index in [1.165, 1.54) is 6.92 Å². The summed E-state index contributed by atoms with van der Waals surface area (Å²) in [5, 5.41) is 10.7. The highest BCUT2D eigenvalue weighted by molar-refractivity contribution is 9.10. The number of Topliss-reactive ketones (excluding diaryl/α,β-unsaturated/α-hetero) is 1. The van der Waals surface area contributed by atoms with Crippen LogP contribution in [-0.2, 0) is 15.2 Å². The molecule has 1 N–H and O–H groups in total. The van der Waals surface area contributed by atoms with Crippen molar-refractivity contribution in [2.45, 2.75) is 32.3 Å². The molecule has 0 radical (unpaired) electrons. The van der Waals surface area contributed by atoms with Crippen LogP contribution >= 0.6 is 15.9 Å². The Morgan fingerprint density at radius 3 is 2.74 bits per heavy atom. The first-order chi connectivity index (χ1) is 8.90. The van der Waals surface area contributed by atoms with Gasteiger partial charge in [-0.1, -0.05) is 22.9 Å². The van der Waals surface area contributed by atoms with Crippen molar-refractivity contribution in [3.8, 4) is 0 Å². The zero-order chi connectivity index (χ0) is 14.2. The molecule has 2 rings (SSSR count). The molecule has 0 spiro atoms. The largest absolute Gasteiger partial charge is 0.375 e. The Labute approximate surface area is 120 Å². The number of hydrogen-bond acceptors (Lipinski definition) is 3. The van der Waals surface area contributed by atoms with E-state index in [9.17, 15) is 14.7 Å². The third-order valence-electron chi connectivity index (χ3n) is 3.25. The number of aliphatic hydroxyl groups is 1. The molecule has 1 amide bonds. The minimum absolute atomic E-state index is 0.185. The molecule has 0 saturated heterocycles. The fraction of sp³-hybridized carbons (Fsp3) is 0.429. The van der Waals surface area contributed by atoms with Gasteiger partial charge in [0.2, 0.25) is 0 Å². The smallest absolute Gasteiger partial charge is 0.264 e. The van der Waals surface area contributed by atoms with Gasteiger partial charge in [-0.2, -0.15) is 0 Å². The van der Waals surface area contributed by atoms with Crippen LogP contribution in [-0.4, -0.2) is 23.3 Å². The van der Waals surface area contributed by atoms with Crippen LogP contribution in [0.3, 0.4) is 0 Å². The molecule has 0 fully saturated rings. The number of carbonyl (C=O) groups excluding carboxylic acids is 2. The number of carbonyl (C=O) groups is 2. The Balaban J connectivity index is 2.56. The Bertz CT molecular complexity index is 543. The predicted molar refractivity (Wildman–Crippen MR) is 76.0 cm³/mol. The van der Waals surface area contributed by atoms with Crippen LogP contribution in [0.25, 0.3) is 0 Å². The minimum Gasteiger partial charge on any atom is -0.375 e. The highest BCUT2D eigenvalue weighted by Gasteiger charge is 2.50. The van der Waals surface area contributed by atoms with Gasteiger partial charge in [-0.15, -0.1) is 0 Å². The monoisotopic (exact) mass is 325 g/mol. The van der Waals surface area contributed by atoms with Crippen molar-refractivity contribution in [1.29, 1.82) is 0 Å². The first-order valence-corrected chi connectivity index (χ1v) is 7.03. The van der Waals surface area contributed by atoms with Crippen LogP contribution in [0, 0.1) is 0 Å². The standard InChI is InChI=1S/C14H16BrNO3/c1-3-6-16-12-5-4-10(15)7-11(12)14(19,13(16)18)8-9(2)17/h4-5,7,19H,3,6,8H2,1-2H3/t14-/m1/s1. The molecular weight excluding hydrogens is 310 g/mol. The predicted octanol–water partition coefficient (Wildman–Crippen LogP) is 2.37. The topological polar surface area (TPSA) is 57.6 Å². The first-order valence-electron chi connectivity index (χ1n) is 6.24. The number of hydrogen-bond donors (Lipinski definition) is 1. The summed E-state index contributed by atoms with van der Waals surface area (Å²) in [6.07, 6.45) is 0.604. The molecule has 0 aliphatic carbocycles. The van der Waals surface area contributed by atoms with E-state index < -0.39 is 11.5 Å². The number of fused-ring (bicyclic) bond motifs is 1. The summed E-state index contributed by atoms with van der Waals surface area (Å²) in [6.45, 7) is 3.88.